The Bertz CT molecular complexity index is 373. The fourth-order valence-electron chi connectivity index (χ4n) is 1.28. The van der Waals surface area contributed by atoms with E-state index in [0.717, 1.165) is 6.42 Å². The highest BCUT2D eigenvalue weighted by molar-refractivity contribution is 8.00. The molecule has 0 spiro atoms. The summed E-state index contributed by atoms with van der Waals surface area (Å²) < 4.78 is 0. The van der Waals surface area contributed by atoms with Gasteiger partial charge in [0.2, 0.25) is 5.91 Å². The maximum atomic E-state index is 11.7. The van der Waals surface area contributed by atoms with Gasteiger partial charge in [-0.05, 0) is 25.1 Å². The zero-order valence-corrected chi connectivity index (χ0v) is 11.4. The van der Waals surface area contributed by atoms with Crippen molar-refractivity contribution in [1.29, 1.82) is 0 Å². The van der Waals surface area contributed by atoms with Crippen LogP contribution >= 0.6 is 23.4 Å². The molecule has 3 nitrogen and oxygen atoms in total. The molecule has 1 aromatic rings. The number of halogens is 1. The largest absolute Gasteiger partial charge is 0.330 e. The van der Waals surface area contributed by atoms with E-state index >= 15 is 0 Å². The number of carbonyl (C=O) groups excluding carboxylic acids is 1. The molecule has 17 heavy (non-hydrogen) atoms. The number of rotatable bonds is 6. The summed E-state index contributed by atoms with van der Waals surface area (Å²) in [6, 6.07) is 7.21. The summed E-state index contributed by atoms with van der Waals surface area (Å²) in [6.45, 7) is 2.72. The molecule has 0 radical (unpaired) electrons. The van der Waals surface area contributed by atoms with Gasteiger partial charge in [-0.3, -0.25) is 4.79 Å². The number of thioether (sulfide) groups is 1. The number of benzene rings is 1. The van der Waals surface area contributed by atoms with Crippen molar-refractivity contribution in [2.75, 3.05) is 17.6 Å². The van der Waals surface area contributed by atoms with E-state index in [1.807, 2.05) is 12.1 Å². The molecule has 5 heteroatoms. The summed E-state index contributed by atoms with van der Waals surface area (Å²) >= 11 is 7.54. The van der Waals surface area contributed by atoms with Gasteiger partial charge in [0.25, 0.3) is 0 Å². The van der Waals surface area contributed by atoms with Gasteiger partial charge in [-0.15, -0.1) is 11.8 Å². The first-order valence-electron chi connectivity index (χ1n) is 5.49. The van der Waals surface area contributed by atoms with E-state index < -0.39 is 0 Å². The number of anilines is 1. The molecular weight excluding hydrogens is 256 g/mol. The predicted octanol–water partition coefficient (Wildman–Crippen LogP) is 2.75. The molecule has 0 bridgehead atoms. The minimum atomic E-state index is -0.0352. The van der Waals surface area contributed by atoms with Gasteiger partial charge in [0.05, 0.1) is 16.5 Å². The highest BCUT2D eigenvalue weighted by Gasteiger charge is 2.08. The number of amides is 1. The quantitative estimate of drug-likeness (QED) is 0.837. The third-order valence-electron chi connectivity index (χ3n) is 2.22. The molecule has 1 amide bonds. The van der Waals surface area contributed by atoms with Crippen LogP contribution in [-0.2, 0) is 4.79 Å². The van der Waals surface area contributed by atoms with Gasteiger partial charge in [-0.2, -0.15) is 0 Å². The van der Waals surface area contributed by atoms with Crippen LogP contribution in [0.15, 0.2) is 24.3 Å². The van der Waals surface area contributed by atoms with Gasteiger partial charge >= 0.3 is 0 Å². The number of para-hydroxylation sites is 1. The Morgan fingerprint density at radius 2 is 2.24 bits per heavy atom. The maximum Gasteiger partial charge on any atom is 0.234 e. The van der Waals surface area contributed by atoms with Crippen LogP contribution in [0.5, 0.6) is 0 Å². The SMILES string of the molecule is CC(CCN)SCC(=O)Nc1ccccc1Cl. The number of nitrogens with one attached hydrogen (secondary N) is 1. The Hall–Kier alpha value is -0.710. The molecule has 0 fully saturated rings. The second-order valence-electron chi connectivity index (χ2n) is 3.73. The van der Waals surface area contributed by atoms with Crippen molar-refractivity contribution in [1.82, 2.24) is 0 Å². The van der Waals surface area contributed by atoms with Gasteiger partial charge in [-0.25, -0.2) is 0 Å². The van der Waals surface area contributed by atoms with E-state index in [1.54, 1.807) is 23.9 Å². The van der Waals surface area contributed by atoms with Gasteiger partial charge in [-0.1, -0.05) is 30.7 Å². The predicted molar refractivity (Wildman–Crippen MR) is 75.7 cm³/mol. The first kappa shape index (κ1) is 14.4. The molecule has 0 saturated carbocycles. The maximum absolute atomic E-state index is 11.7. The topological polar surface area (TPSA) is 55.1 Å². The summed E-state index contributed by atoms with van der Waals surface area (Å²) in [5.74, 6) is 0.388. The lowest BCUT2D eigenvalue weighted by Crippen LogP contribution is -2.17. The van der Waals surface area contributed by atoms with Crippen LogP contribution in [0.3, 0.4) is 0 Å². The third-order valence-corrected chi connectivity index (χ3v) is 3.78. The van der Waals surface area contributed by atoms with E-state index in [0.29, 0.717) is 28.3 Å². The summed E-state index contributed by atoms with van der Waals surface area (Å²) in [5, 5.41) is 3.74. The molecule has 0 aliphatic carbocycles. The average molecular weight is 273 g/mol. The van der Waals surface area contributed by atoms with E-state index in [4.69, 9.17) is 17.3 Å². The van der Waals surface area contributed by atoms with Crippen molar-refractivity contribution < 1.29 is 4.79 Å². The van der Waals surface area contributed by atoms with Crippen LogP contribution in [0.1, 0.15) is 13.3 Å². The van der Waals surface area contributed by atoms with Crippen LogP contribution in [0.25, 0.3) is 0 Å². The Balaban J connectivity index is 2.37. The first-order chi connectivity index (χ1) is 8.13. The van der Waals surface area contributed by atoms with E-state index in [1.165, 1.54) is 0 Å². The van der Waals surface area contributed by atoms with Crippen molar-refractivity contribution in [2.45, 2.75) is 18.6 Å². The standard InChI is InChI=1S/C12H17ClN2OS/c1-9(6-7-14)17-8-12(16)15-11-5-3-2-4-10(11)13/h2-5,9H,6-8,14H2,1H3,(H,15,16). The van der Waals surface area contributed by atoms with Gasteiger partial charge in [0, 0.05) is 5.25 Å². The van der Waals surface area contributed by atoms with Gasteiger partial charge < -0.3 is 11.1 Å². The Morgan fingerprint density at radius 3 is 2.88 bits per heavy atom. The summed E-state index contributed by atoms with van der Waals surface area (Å²) in [6.07, 6.45) is 0.921. The van der Waals surface area contributed by atoms with Crippen molar-refractivity contribution >= 4 is 35.0 Å². The molecule has 3 N–H and O–H groups in total. The van der Waals surface area contributed by atoms with Crippen LogP contribution < -0.4 is 11.1 Å². The molecule has 0 aromatic heterocycles. The zero-order chi connectivity index (χ0) is 12.7. The highest BCUT2D eigenvalue weighted by Crippen LogP contribution is 2.21. The van der Waals surface area contributed by atoms with Crippen molar-refractivity contribution in [2.24, 2.45) is 5.73 Å². The summed E-state index contributed by atoms with van der Waals surface area (Å²) in [5.41, 5.74) is 6.11. The second kappa shape index (κ2) is 7.58. The molecule has 0 saturated heterocycles. The lowest BCUT2D eigenvalue weighted by molar-refractivity contribution is -0.113. The molecule has 1 rings (SSSR count). The fourth-order valence-corrected chi connectivity index (χ4v) is 2.28. The Labute approximate surface area is 111 Å². The summed E-state index contributed by atoms with van der Waals surface area (Å²) in [4.78, 5) is 11.7. The van der Waals surface area contributed by atoms with Crippen molar-refractivity contribution in [3.8, 4) is 0 Å². The van der Waals surface area contributed by atoms with Crippen molar-refractivity contribution in [3.05, 3.63) is 29.3 Å². The van der Waals surface area contributed by atoms with Gasteiger partial charge in [0.15, 0.2) is 0 Å². The number of hydrogen-bond acceptors (Lipinski definition) is 3. The number of nitrogens with two attached hydrogens (primary N) is 1. The molecule has 0 aliphatic heterocycles. The smallest absolute Gasteiger partial charge is 0.234 e. The van der Waals surface area contributed by atoms with Crippen molar-refractivity contribution in [3.63, 3.8) is 0 Å². The first-order valence-corrected chi connectivity index (χ1v) is 6.92. The lowest BCUT2D eigenvalue weighted by Gasteiger charge is -2.10. The summed E-state index contributed by atoms with van der Waals surface area (Å²) in [7, 11) is 0. The minimum absolute atomic E-state index is 0.0352. The highest BCUT2D eigenvalue weighted by atomic mass is 35.5. The van der Waals surface area contributed by atoms with Crippen LogP contribution in [0.4, 0.5) is 5.69 Å². The lowest BCUT2D eigenvalue weighted by atomic mass is 10.3. The molecule has 1 unspecified atom stereocenters. The van der Waals surface area contributed by atoms with E-state index in [-0.39, 0.29) is 5.91 Å². The zero-order valence-electron chi connectivity index (χ0n) is 9.78. The van der Waals surface area contributed by atoms with Crippen LogP contribution in [-0.4, -0.2) is 23.5 Å². The van der Waals surface area contributed by atoms with Crippen LogP contribution in [0.2, 0.25) is 5.02 Å². The number of carbonyl (C=O) groups is 1. The minimum Gasteiger partial charge on any atom is -0.330 e. The van der Waals surface area contributed by atoms with Crippen LogP contribution in [0, 0.1) is 0 Å². The monoisotopic (exact) mass is 272 g/mol. The fraction of sp³-hybridized carbons (Fsp3) is 0.417. The normalized spacial score (nSPS) is 12.2. The molecule has 1 atom stereocenters. The van der Waals surface area contributed by atoms with E-state index in [2.05, 4.69) is 12.2 Å². The Morgan fingerprint density at radius 1 is 1.53 bits per heavy atom. The molecule has 0 heterocycles. The molecule has 94 valence electrons. The van der Waals surface area contributed by atoms with E-state index in [9.17, 15) is 4.79 Å². The van der Waals surface area contributed by atoms with Gasteiger partial charge in [0.1, 0.15) is 0 Å². The number of hydrogen-bond donors (Lipinski definition) is 2. The second-order valence-corrected chi connectivity index (χ2v) is 5.56. The molecule has 1 aromatic carbocycles. The average Bonchev–Trinajstić information content (AvgIpc) is 2.30. The molecular formula is C12H17ClN2OS. The Kier molecular flexibility index (Phi) is 6.40. The molecule has 0 aliphatic rings. The third kappa shape index (κ3) is 5.44.